The van der Waals surface area contributed by atoms with Gasteiger partial charge in [-0.3, -0.25) is 14.4 Å². The largest absolute Gasteiger partial charge is 0.463 e. The predicted molar refractivity (Wildman–Crippen MR) is 76.4 cm³/mol. The standard InChI is InChI=1S/C15H22O9/c1-7(16)19-6-10-11(20-8(2)17)12(21-9(3)18)13-14(22-10)24-15(4,5)23-13/h10-14H,6H2,1-5H3/t10-,11+,12+,13-,14-/m1/s1. The van der Waals surface area contributed by atoms with Gasteiger partial charge in [0.25, 0.3) is 0 Å². The molecule has 0 radical (unpaired) electrons. The Bertz CT molecular complexity index is 515. The summed E-state index contributed by atoms with van der Waals surface area (Å²) in [6.45, 7) is 6.88. The molecule has 136 valence electrons. The minimum absolute atomic E-state index is 0.182. The Morgan fingerprint density at radius 3 is 2.04 bits per heavy atom. The molecule has 2 rings (SSSR count). The van der Waals surface area contributed by atoms with E-state index in [0.717, 1.165) is 0 Å². The van der Waals surface area contributed by atoms with Crippen LogP contribution in [-0.4, -0.2) is 61.0 Å². The summed E-state index contributed by atoms with van der Waals surface area (Å²) in [7, 11) is 0. The second-order valence-electron chi connectivity index (χ2n) is 6.09. The fraction of sp³-hybridized carbons (Fsp3) is 0.800. The van der Waals surface area contributed by atoms with E-state index in [-0.39, 0.29) is 6.61 Å². The lowest BCUT2D eigenvalue weighted by atomic mass is 9.98. The highest BCUT2D eigenvalue weighted by Crippen LogP contribution is 2.38. The van der Waals surface area contributed by atoms with Crippen LogP contribution in [0.15, 0.2) is 0 Å². The van der Waals surface area contributed by atoms with Crippen LogP contribution >= 0.6 is 0 Å². The van der Waals surface area contributed by atoms with Gasteiger partial charge >= 0.3 is 17.9 Å². The van der Waals surface area contributed by atoms with Crippen LogP contribution in [0, 0.1) is 0 Å². The van der Waals surface area contributed by atoms with Crippen molar-refractivity contribution in [3.05, 3.63) is 0 Å². The molecule has 0 aromatic carbocycles. The van der Waals surface area contributed by atoms with Crippen LogP contribution < -0.4 is 0 Å². The second-order valence-corrected chi connectivity index (χ2v) is 6.09. The highest BCUT2D eigenvalue weighted by Gasteiger charge is 2.57. The average Bonchev–Trinajstić information content (AvgIpc) is 2.72. The maximum atomic E-state index is 11.5. The molecule has 0 aliphatic carbocycles. The molecule has 24 heavy (non-hydrogen) atoms. The first-order valence-corrected chi connectivity index (χ1v) is 7.58. The van der Waals surface area contributed by atoms with E-state index >= 15 is 0 Å². The quantitative estimate of drug-likeness (QED) is 0.524. The molecule has 2 aliphatic heterocycles. The van der Waals surface area contributed by atoms with Crippen molar-refractivity contribution in [2.75, 3.05) is 6.61 Å². The smallest absolute Gasteiger partial charge is 0.303 e. The zero-order valence-corrected chi connectivity index (χ0v) is 14.3. The van der Waals surface area contributed by atoms with Gasteiger partial charge in [0.05, 0.1) is 0 Å². The van der Waals surface area contributed by atoms with Gasteiger partial charge in [0, 0.05) is 20.8 Å². The van der Waals surface area contributed by atoms with Crippen LogP contribution in [-0.2, 0) is 42.8 Å². The van der Waals surface area contributed by atoms with Gasteiger partial charge in [-0.15, -0.1) is 0 Å². The van der Waals surface area contributed by atoms with Crippen molar-refractivity contribution in [3.8, 4) is 0 Å². The molecule has 2 fully saturated rings. The summed E-state index contributed by atoms with van der Waals surface area (Å²) in [5.74, 6) is -2.65. The van der Waals surface area contributed by atoms with Crippen LogP contribution in [0.25, 0.3) is 0 Å². The van der Waals surface area contributed by atoms with Gasteiger partial charge in [-0.1, -0.05) is 0 Å². The molecule has 0 spiro atoms. The first kappa shape index (κ1) is 18.6. The molecule has 0 unspecified atom stereocenters. The molecular formula is C15H22O9. The lowest BCUT2D eigenvalue weighted by Gasteiger charge is -2.40. The lowest BCUT2D eigenvalue weighted by molar-refractivity contribution is -0.266. The molecule has 0 bridgehead atoms. The van der Waals surface area contributed by atoms with Crippen molar-refractivity contribution in [1.29, 1.82) is 0 Å². The summed E-state index contributed by atoms with van der Waals surface area (Å²) in [4.78, 5) is 34.0. The third kappa shape index (κ3) is 4.43. The summed E-state index contributed by atoms with van der Waals surface area (Å²) in [5.41, 5.74) is 0. The van der Waals surface area contributed by atoms with Gasteiger partial charge in [-0.05, 0) is 13.8 Å². The number of carbonyl (C=O) groups is 3. The summed E-state index contributed by atoms with van der Waals surface area (Å²) in [5, 5.41) is 0. The van der Waals surface area contributed by atoms with Gasteiger partial charge in [0.15, 0.2) is 30.4 Å². The minimum atomic E-state index is -0.996. The third-order valence-corrected chi connectivity index (χ3v) is 3.47. The SMILES string of the molecule is CC(=O)OC[C@H]1O[C@@H]2OC(C)(C)O[C@@H]2[C@@H](OC(C)=O)[C@H]1OC(C)=O. The molecule has 0 amide bonds. The molecule has 0 saturated carbocycles. The zero-order chi connectivity index (χ0) is 18.1. The Morgan fingerprint density at radius 2 is 1.50 bits per heavy atom. The Balaban J connectivity index is 2.28. The summed E-state index contributed by atoms with van der Waals surface area (Å²) >= 11 is 0. The second kappa shape index (κ2) is 7.04. The van der Waals surface area contributed by atoms with Gasteiger partial charge in [0.2, 0.25) is 0 Å². The fourth-order valence-corrected chi connectivity index (χ4v) is 2.73. The summed E-state index contributed by atoms with van der Waals surface area (Å²) in [6, 6.07) is 0. The Hall–Kier alpha value is -1.71. The number of carbonyl (C=O) groups excluding carboxylic acids is 3. The van der Waals surface area contributed by atoms with E-state index in [1.165, 1.54) is 20.8 Å². The highest BCUT2D eigenvalue weighted by atomic mass is 16.8. The molecule has 2 aliphatic rings. The van der Waals surface area contributed by atoms with Crippen molar-refractivity contribution in [2.24, 2.45) is 0 Å². The average molecular weight is 346 g/mol. The van der Waals surface area contributed by atoms with Crippen molar-refractivity contribution in [2.45, 2.75) is 71.1 Å². The van der Waals surface area contributed by atoms with Gasteiger partial charge in [-0.25, -0.2) is 0 Å². The molecule has 2 heterocycles. The van der Waals surface area contributed by atoms with Crippen LogP contribution in [0.1, 0.15) is 34.6 Å². The number of rotatable bonds is 4. The van der Waals surface area contributed by atoms with Crippen LogP contribution in [0.5, 0.6) is 0 Å². The number of hydrogen-bond acceptors (Lipinski definition) is 9. The topological polar surface area (TPSA) is 107 Å². The van der Waals surface area contributed by atoms with Crippen molar-refractivity contribution < 1.29 is 42.8 Å². The minimum Gasteiger partial charge on any atom is -0.463 e. The summed E-state index contributed by atoms with van der Waals surface area (Å²) in [6.07, 6.45) is -4.43. The molecule has 5 atom stereocenters. The molecule has 9 nitrogen and oxygen atoms in total. The number of fused-ring (bicyclic) bond motifs is 1. The third-order valence-electron chi connectivity index (χ3n) is 3.47. The Labute approximate surface area is 139 Å². The Kier molecular flexibility index (Phi) is 5.46. The normalized spacial score (nSPS) is 34.1. The first-order valence-electron chi connectivity index (χ1n) is 7.58. The number of esters is 3. The number of hydrogen-bond donors (Lipinski definition) is 0. The van der Waals surface area contributed by atoms with Gasteiger partial charge in [0.1, 0.15) is 12.7 Å². The van der Waals surface area contributed by atoms with Crippen molar-refractivity contribution >= 4 is 17.9 Å². The van der Waals surface area contributed by atoms with Crippen molar-refractivity contribution in [1.82, 2.24) is 0 Å². The van der Waals surface area contributed by atoms with Crippen molar-refractivity contribution in [3.63, 3.8) is 0 Å². The molecule has 2 saturated heterocycles. The van der Waals surface area contributed by atoms with Crippen LogP contribution in [0.4, 0.5) is 0 Å². The molecule has 0 N–H and O–H groups in total. The molecule has 0 aromatic rings. The molecule has 9 heteroatoms. The number of ether oxygens (including phenoxy) is 6. The van der Waals surface area contributed by atoms with E-state index in [1.54, 1.807) is 13.8 Å². The van der Waals surface area contributed by atoms with Gasteiger partial charge in [-0.2, -0.15) is 0 Å². The fourth-order valence-electron chi connectivity index (χ4n) is 2.73. The van der Waals surface area contributed by atoms with E-state index in [0.29, 0.717) is 0 Å². The molecule has 0 aromatic heterocycles. The summed E-state index contributed by atoms with van der Waals surface area (Å²) < 4.78 is 32.6. The van der Waals surface area contributed by atoms with Gasteiger partial charge < -0.3 is 28.4 Å². The highest BCUT2D eigenvalue weighted by molar-refractivity contribution is 5.67. The van der Waals surface area contributed by atoms with E-state index in [4.69, 9.17) is 28.4 Å². The van der Waals surface area contributed by atoms with E-state index in [2.05, 4.69) is 0 Å². The van der Waals surface area contributed by atoms with E-state index in [9.17, 15) is 14.4 Å². The zero-order valence-electron chi connectivity index (χ0n) is 14.3. The predicted octanol–water partition coefficient (Wildman–Crippen LogP) is 0.289. The van der Waals surface area contributed by atoms with E-state index < -0.39 is 54.4 Å². The first-order chi connectivity index (χ1) is 11.1. The van der Waals surface area contributed by atoms with Crippen LogP contribution in [0.3, 0.4) is 0 Å². The lowest BCUT2D eigenvalue weighted by Crippen LogP contribution is -2.60. The molecular weight excluding hydrogens is 324 g/mol. The Morgan fingerprint density at radius 1 is 0.917 bits per heavy atom. The maximum absolute atomic E-state index is 11.5. The van der Waals surface area contributed by atoms with Crippen LogP contribution in [0.2, 0.25) is 0 Å². The monoisotopic (exact) mass is 346 g/mol. The maximum Gasteiger partial charge on any atom is 0.303 e. The van der Waals surface area contributed by atoms with E-state index in [1.807, 2.05) is 0 Å².